The Hall–Kier alpha value is -3.59. The predicted octanol–water partition coefficient (Wildman–Crippen LogP) is 4.58. The molecule has 1 saturated heterocycles. The number of fused-ring (bicyclic) bond motifs is 1. The van der Waals surface area contributed by atoms with Crippen LogP contribution in [-0.2, 0) is 0 Å². The van der Waals surface area contributed by atoms with Crippen LogP contribution in [0.25, 0.3) is 11.1 Å². The van der Waals surface area contributed by atoms with Gasteiger partial charge in [-0.25, -0.2) is 4.79 Å². The van der Waals surface area contributed by atoms with E-state index in [4.69, 9.17) is 20.8 Å². The quantitative estimate of drug-likeness (QED) is 0.352. The highest BCUT2D eigenvalue weighted by Gasteiger charge is 2.25. The number of anilines is 1. The maximum atomic E-state index is 12.6. The summed E-state index contributed by atoms with van der Waals surface area (Å²) in [5.41, 5.74) is 2.43. The van der Waals surface area contributed by atoms with Gasteiger partial charge in [-0.3, -0.25) is 9.36 Å². The van der Waals surface area contributed by atoms with Crippen molar-refractivity contribution in [1.29, 1.82) is 0 Å². The van der Waals surface area contributed by atoms with Crippen molar-refractivity contribution in [2.24, 2.45) is 0 Å². The minimum atomic E-state index is -0.714. The Balaban J connectivity index is 1.13. The number of nitrogens with one attached hydrogen (secondary N) is 1. The van der Waals surface area contributed by atoms with Gasteiger partial charge in [-0.15, -0.1) is 0 Å². The number of amides is 1. The molecule has 9 heteroatoms. The zero-order chi connectivity index (χ0) is 25.8. The average molecular weight is 522 g/mol. The topological polar surface area (TPSA) is 96.9 Å². The molecule has 1 atom stereocenters. The van der Waals surface area contributed by atoms with Gasteiger partial charge in [0.1, 0.15) is 18.5 Å². The van der Waals surface area contributed by atoms with Gasteiger partial charge in [0.05, 0.1) is 11.2 Å². The number of ether oxygens (including phenoxy) is 1. The molecule has 1 aliphatic heterocycles. The number of aliphatic hydroxyl groups is 1. The van der Waals surface area contributed by atoms with Crippen LogP contribution in [0, 0.1) is 0 Å². The molecule has 2 heterocycles. The lowest BCUT2D eigenvalue weighted by Crippen LogP contribution is -2.42. The lowest BCUT2D eigenvalue weighted by Gasteiger charge is -2.33. The number of benzene rings is 3. The Kier molecular flexibility index (Phi) is 7.60. The third-order valence-electron chi connectivity index (χ3n) is 6.58. The van der Waals surface area contributed by atoms with E-state index in [1.54, 1.807) is 53.1 Å². The van der Waals surface area contributed by atoms with Gasteiger partial charge in [-0.2, -0.15) is 0 Å². The second-order valence-corrected chi connectivity index (χ2v) is 9.60. The largest absolute Gasteiger partial charge is 0.489 e. The van der Waals surface area contributed by atoms with Crippen molar-refractivity contribution in [2.45, 2.75) is 25.0 Å². The van der Waals surface area contributed by atoms with Gasteiger partial charge >= 0.3 is 5.76 Å². The molecular weight excluding hydrogens is 494 g/mol. The summed E-state index contributed by atoms with van der Waals surface area (Å²) in [6.07, 6.45) is 0.863. The Morgan fingerprint density at radius 3 is 2.54 bits per heavy atom. The van der Waals surface area contributed by atoms with Gasteiger partial charge in [0.2, 0.25) is 0 Å². The molecule has 192 valence electrons. The molecule has 1 fully saturated rings. The van der Waals surface area contributed by atoms with E-state index in [0.29, 0.717) is 34.2 Å². The molecule has 3 aromatic carbocycles. The molecule has 4 aromatic rings. The minimum Gasteiger partial charge on any atom is -0.489 e. The van der Waals surface area contributed by atoms with Crippen LogP contribution in [0.4, 0.5) is 5.69 Å². The van der Waals surface area contributed by atoms with Gasteiger partial charge < -0.3 is 24.5 Å². The highest BCUT2D eigenvalue weighted by atomic mass is 35.5. The van der Waals surface area contributed by atoms with Crippen LogP contribution < -0.4 is 15.8 Å². The van der Waals surface area contributed by atoms with E-state index in [1.807, 2.05) is 24.3 Å². The van der Waals surface area contributed by atoms with E-state index in [1.165, 1.54) is 0 Å². The number of likely N-dealkylation sites (tertiary alicyclic amines) is 1. The normalized spacial score (nSPS) is 15.5. The lowest BCUT2D eigenvalue weighted by molar-refractivity contribution is 0.0559. The van der Waals surface area contributed by atoms with Crippen molar-refractivity contribution in [3.8, 4) is 5.75 Å². The second kappa shape index (κ2) is 11.2. The fraction of sp³-hybridized carbons (Fsp3) is 0.286. The van der Waals surface area contributed by atoms with E-state index in [0.717, 1.165) is 31.4 Å². The van der Waals surface area contributed by atoms with Gasteiger partial charge in [0.15, 0.2) is 5.58 Å². The number of rotatable bonds is 8. The van der Waals surface area contributed by atoms with E-state index in [9.17, 15) is 14.7 Å². The number of aliphatic hydroxyl groups excluding tert-OH is 1. The van der Waals surface area contributed by atoms with Crippen LogP contribution in [0.5, 0.6) is 5.75 Å². The number of carbonyl (C=O) groups is 1. The Bertz CT molecular complexity index is 1420. The van der Waals surface area contributed by atoms with Gasteiger partial charge in [-0.1, -0.05) is 35.9 Å². The van der Waals surface area contributed by atoms with Crippen molar-refractivity contribution < 1.29 is 19.1 Å². The van der Waals surface area contributed by atoms with Crippen molar-refractivity contribution >= 4 is 34.3 Å². The number of oxazole rings is 1. The van der Waals surface area contributed by atoms with Crippen LogP contribution in [0.15, 0.2) is 82.0 Å². The number of hydrogen-bond donors (Lipinski definition) is 2. The molecule has 8 nitrogen and oxygen atoms in total. The monoisotopic (exact) mass is 521 g/mol. The number of para-hydroxylation sites is 4. The first kappa shape index (κ1) is 25.1. The van der Waals surface area contributed by atoms with Crippen LogP contribution in [0.2, 0.25) is 5.02 Å². The fourth-order valence-electron chi connectivity index (χ4n) is 4.72. The van der Waals surface area contributed by atoms with E-state index < -0.39 is 6.10 Å². The molecule has 0 bridgehead atoms. The molecule has 2 N–H and O–H groups in total. The molecule has 1 amide bonds. The second-order valence-electron chi connectivity index (χ2n) is 9.16. The van der Waals surface area contributed by atoms with Gasteiger partial charge in [0.25, 0.3) is 5.91 Å². The number of aromatic nitrogens is 1. The zero-order valence-corrected chi connectivity index (χ0v) is 20.9. The van der Waals surface area contributed by atoms with Crippen LogP contribution >= 0.6 is 11.6 Å². The fourth-order valence-corrected chi connectivity index (χ4v) is 4.84. The number of carbonyl (C=O) groups excluding carboxylic acids is 1. The first-order chi connectivity index (χ1) is 18.0. The highest BCUT2D eigenvalue weighted by molar-refractivity contribution is 6.30. The summed E-state index contributed by atoms with van der Waals surface area (Å²) in [5.74, 6) is -0.121. The van der Waals surface area contributed by atoms with E-state index in [-0.39, 0.29) is 24.3 Å². The van der Waals surface area contributed by atoms with Crippen molar-refractivity contribution in [2.75, 3.05) is 31.6 Å². The van der Waals surface area contributed by atoms with Crippen LogP contribution in [-0.4, -0.2) is 52.8 Å². The van der Waals surface area contributed by atoms with Gasteiger partial charge in [-0.05, 0) is 61.4 Å². The summed E-state index contributed by atoms with van der Waals surface area (Å²) in [7, 11) is 0. The Morgan fingerprint density at radius 1 is 1.05 bits per heavy atom. The van der Waals surface area contributed by atoms with E-state index in [2.05, 4.69) is 10.2 Å². The number of halogens is 1. The third-order valence-corrected chi connectivity index (χ3v) is 6.83. The average Bonchev–Trinajstić information content (AvgIpc) is 3.24. The third kappa shape index (κ3) is 5.88. The van der Waals surface area contributed by atoms with Crippen molar-refractivity contribution in [3.05, 3.63) is 93.9 Å². The minimum absolute atomic E-state index is 0.0666. The molecule has 0 radical (unpaired) electrons. The van der Waals surface area contributed by atoms with Crippen LogP contribution in [0.1, 0.15) is 29.2 Å². The molecule has 37 heavy (non-hydrogen) atoms. The molecule has 1 aromatic heterocycles. The van der Waals surface area contributed by atoms with Crippen molar-refractivity contribution in [3.63, 3.8) is 0 Å². The molecule has 5 rings (SSSR count). The first-order valence-electron chi connectivity index (χ1n) is 12.3. The highest BCUT2D eigenvalue weighted by Crippen LogP contribution is 2.27. The maximum absolute atomic E-state index is 12.6. The summed E-state index contributed by atoms with van der Waals surface area (Å²) in [5, 5.41) is 14.0. The van der Waals surface area contributed by atoms with E-state index >= 15 is 0 Å². The summed E-state index contributed by atoms with van der Waals surface area (Å²) in [4.78, 5) is 27.2. The predicted molar refractivity (Wildman–Crippen MR) is 143 cm³/mol. The smallest absolute Gasteiger partial charge is 0.420 e. The number of nitrogens with zero attached hydrogens (tertiary/aromatic N) is 2. The summed E-state index contributed by atoms with van der Waals surface area (Å²) in [6, 6.07) is 21.3. The number of hydrogen-bond acceptors (Lipinski definition) is 6. The summed E-state index contributed by atoms with van der Waals surface area (Å²) < 4.78 is 13.0. The Morgan fingerprint density at radius 2 is 1.76 bits per heavy atom. The number of β-amino-alcohol motifs (C(OH)–C–C–N with tert-alkyl or cyclic N) is 1. The zero-order valence-electron chi connectivity index (χ0n) is 20.2. The molecule has 1 unspecified atom stereocenters. The maximum Gasteiger partial charge on any atom is 0.420 e. The van der Waals surface area contributed by atoms with Gasteiger partial charge in [0, 0.05) is 36.3 Å². The molecular formula is C28H28ClN3O5. The van der Waals surface area contributed by atoms with Crippen molar-refractivity contribution in [1.82, 2.24) is 9.47 Å². The van der Waals surface area contributed by atoms with Crippen LogP contribution in [0.3, 0.4) is 0 Å². The molecule has 1 aliphatic rings. The summed E-state index contributed by atoms with van der Waals surface area (Å²) in [6.45, 7) is 2.04. The number of piperidine rings is 1. The molecule has 0 saturated carbocycles. The standard InChI is InChI=1S/C28H28ClN3O5/c29-20-11-9-19(10-12-20)27(34)30-23-5-1-3-7-25(23)36-18-22(33)17-31-15-13-21(14-16-31)32-24-6-2-4-8-26(24)37-28(32)35/h1-12,21-22,33H,13-18H2,(H,30,34). The first-order valence-corrected chi connectivity index (χ1v) is 12.6. The molecule has 0 aliphatic carbocycles. The SMILES string of the molecule is O=C(Nc1ccccc1OCC(O)CN1CCC(n2c(=O)oc3ccccc32)CC1)c1ccc(Cl)cc1. The lowest BCUT2D eigenvalue weighted by atomic mass is 10.0. The summed E-state index contributed by atoms with van der Waals surface area (Å²) >= 11 is 5.90. The Labute approximate surface area is 219 Å². The molecule has 0 spiro atoms.